The summed E-state index contributed by atoms with van der Waals surface area (Å²) in [5, 5.41) is 1.02. The maximum atomic E-state index is 15.1. The van der Waals surface area contributed by atoms with Crippen molar-refractivity contribution in [2.24, 2.45) is 0 Å². The molecule has 0 aliphatic rings. The maximum Gasteiger partial charge on any atom is 0.174 e. The molecule has 4 aromatic rings. The number of aromatic nitrogens is 3. The molecule has 0 radical (unpaired) electrons. The fourth-order valence-corrected chi connectivity index (χ4v) is 4.42. The minimum atomic E-state index is -1.21. The summed E-state index contributed by atoms with van der Waals surface area (Å²) in [5.41, 5.74) is 4.03. The highest BCUT2D eigenvalue weighted by Gasteiger charge is 2.19. The lowest BCUT2D eigenvalue weighted by Crippen LogP contribution is -2.22. The van der Waals surface area contributed by atoms with Crippen molar-refractivity contribution in [1.82, 2.24) is 14.5 Å². The number of hydrogen-bond acceptors (Lipinski definition) is 3. The van der Waals surface area contributed by atoms with Gasteiger partial charge in [0.15, 0.2) is 11.6 Å². The fraction of sp³-hybridized carbons (Fsp3) is 0.292. The zero-order chi connectivity index (χ0) is 22.0. The fourth-order valence-electron chi connectivity index (χ4n) is 3.66. The third-order valence-electron chi connectivity index (χ3n) is 5.39. The van der Waals surface area contributed by atoms with Gasteiger partial charge < -0.3 is 19.0 Å². The van der Waals surface area contributed by atoms with E-state index in [0.29, 0.717) is 18.9 Å². The number of ether oxygens (including phenoxy) is 2. The Morgan fingerprint density at radius 3 is 2.55 bits per heavy atom. The van der Waals surface area contributed by atoms with Crippen LogP contribution in [0.2, 0.25) is 25.7 Å². The van der Waals surface area contributed by atoms with Crippen molar-refractivity contribution in [3.63, 3.8) is 0 Å². The van der Waals surface area contributed by atoms with Gasteiger partial charge in [0.1, 0.15) is 12.4 Å². The van der Waals surface area contributed by atoms with Gasteiger partial charge in [0, 0.05) is 43.6 Å². The zero-order valence-electron chi connectivity index (χ0n) is 18.4. The highest BCUT2D eigenvalue weighted by molar-refractivity contribution is 6.76. The van der Waals surface area contributed by atoms with Crippen molar-refractivity contribution in [3.8, 4) is 28.3 Å². The third kappa shape index (κ3) is 4.43. The minimum Gasteiger partial charge on any atom is -0.494 e. The smallest absolute Gasteiger partial charge is 0.174 e. The lowest BCUT2D eigenvalue weighted by atomic mass is 10.1. The molecular weight excluding hydrogens is 409 g/mol. The molecule has 0 aliphatic carbocycles. The predicted octanol–water partition coefficient (Wildman–Crippen LogP) is 6.16. The molecular formula is C24H28FN3O2Si. The van der Waals surface area contributed by atoms with Crippen LogP contribution in [-0.2, 0) is 11.5 Å². The monoisotopic (exact) mass is 437 g/mol. The second kappa shape index (κ2) is 8.68. The molecule has 4 rings (SSSR count). The minimum absolute atomic E-state index is 0.225. The number of nitrogens with one attached hydrogen (secondary N) is 1. The van der Waals surface area contributed by atoms with Crippen LogP contribution in [0.4, 0.5) is 4.39 Å². The second-order valence-corrected chi connectivity index (χ2v) is 14.4. The highest BCUT2D eigenvalue weighted by atomic mass is 28.3. The van der Waals surface area contributed by atoms with Gasteiger partial charge in [0.25, 0.3) is 0 Å². The summed E-state index contributed by atoms with van der Waals surface area (Å²) in [5.74, 6) is -0.150. The second-order valence-electron chi connectivity index (χ2n) is 8.80. The molecule has 0 spiro atoms. The number of methoxy groups -OCH3 is 1. The van der Waals surface area contributed by atoms with Crippen LogP contribution < -0.4 is 4.74 Å². The summed E-state index contributed by atoms with van der Waals surface area (Å²) >= 11 is 0. The van der Waals surface area contributed by atoms with Crippen LogP contribution in [0.5, 0.6) is 5.75 Å². The molecule has 31 heavy (non-hydrogen) atoms. The van der Waals surface area contributed by atoms with Crippen LogP contribution in [0, 0.1) is 5.82 Å². The van der Waals surface area contributed by atoms with Crippen LogP contribution >= 0.6 is 0 Å². The number of hydrogen-bond donors (Lipinski definition) is 1. The summed E-state index contributed by atoms with van der Waals surface area (Å²) < 4.78 is 28.4. The first-order valence-corrected chi connectivity index (χ1v) is 14.1. The van der Waals surface area contributed by atoms with Gasteiger partial charge >= 0.3 is 0 Å². The van der Waals surface area contributed by atoms with E-state index in [4.69, 9.17) is 9.47 Å². The lowest BCUT2D eigenvalue weighted by molar-refractivity contribution is 0.0895. The molecule has 0 fully saturated rings. The van der Waals surface area contributed by atoms with E-state index in [1.807, 2.05) is 35.0 Å². The molecule has 0 unspecified atom stereocenters. The summed E-state index contributed by atoms with van der Waals surface area (Å²) in [4.78, 5) is 7.55. The number of halogens is 1. The first-order valence-electron chi connectivity index (χ1n) is 10.4. The molecule has 5 nitrogen and oxygen atoms in total. The average molecular weight is 438 g/mol. The van der Waals surface area contributed by atoms with Crippen LogP contribution in [-0.4, -0.2) is 36.3 Å². The van der Waals surface area contributed by atoms with Crippen LogP contribution in [0.25, 0.3) is 33.5 Å². The highest BCUT2D eigenvalue weighted by Crippen LogP contribution is 2.35. The molecule has 162 valence electrons. The number of nitrogens with zero attached hydrogens (tertiary/aromatic N) is 2. The number of rotatable bonds is 8. The van der Waals surface area contributed by atoms with Crippen LogP contribution in [0.15, 0.2) is 54.9 Å². The van der Waals surface area contributed by atoms with Crippen molar-refractivity contribution < 1.29 is 13.9 Å². The number of H-pyrrole nitrogens is 1. The van der Waals surface area contributed by atoms with E-state index in [1.54, 1.807) is 24.4 Å². The van der Waals surface area contributed by atoms with Crippen molar-refractivity contribution in [2.75, 3.05) is 13.7 Å². The Hall–Kier alpha value is -2.90. The van der Waals surface area contributed by atoms with Gasteiger partial charge in [-0.25, -0.2) is 9.37 Å². The van der Waals surface area contributed by atoms with Crippen molar-refractivity contribution >= 4 is 19.1 Å². The summed E-state index contributed by atoms with van der Waals surface area (Å²) in [7, 11) is 0.272. The molecule has 0 saturated heterocycles. The Labute approximate surface area is 182 Å². The van der Waals surface area contributed by atoms with Crippen molar-refractivity contribution in [3.05, 3.63) is 60.7 Å². The van der Waals surface area contributed by atoms with E-state index in [-0.39, 0.29) is 11.6 Å². The number of fused-ring (bicyclic) bond motifs is 1. The predicted molar refractivity (Wildman–Crippen MR) is 126 cm³/mol. The van der Waals surface area contributed by atoms with Gasteiger partial charge in [-0.2, -0.15) is 0 Å². The standard InChI is InChI=1S/C24H28FN3O2Si/c1-29-22-7-5-6-19(23(22)25)21-9-8-20(28(21)16-30-14-15-31(2,3)4)17-10-12-26-24-18(17)11-13-27-24/h5-13H,14-16H2,1-4H3,(H,26,27). The molecule has 3 aromatic heterocycles. The maximum absolute atomic E-state index is 15.1. The Kier molecular flexibility index (Phi) is 5.98. The zero-order valence-corrected chi connectivity index (χ0v) is 19.4. The summed E-state index contributed by atoms with van der Waals surface area (Å²) in [6.45, 7) is 8.01. The van der Waals surface area contributed by atoms with Crippen LogP contribution in [0.1, 0.15) is 0 Å². The van der Waals surface area contributed by atoms with Gasteiger partial charge in [-0.15, -0.1) is 0 Å². The van der Waals surface area contributed by atoms with Gasteiger partial charge in [0.2, 0.25) is 0 Å². The number of benzene rings is 1. The van der Waals surface area contributed by atoms with E-state index in [0.717, 1.165) is 34.0 Å². The molecule has 3 heterocycles. The normalized spacial score (nSPS) is 11.9. The average Bonchev–Trinajstić information content (AvgIpc) is 3.37. The van der Waals surface area contributed by atoms with E-state index in [2.05, 4.69) is 29.6 Å². The summed E-state index contributed by atoms with van der Waals surface area (Å²) in [6.07, 6.45) is 3.66. The molecule has 1 N–H and O–H groups in total. The Balaban J connectivity index is 1.78. The van der Waals surface area contributed by atoms with Crippen LogP contribution in [0.3, 0.4) is 0 Å². The Bertz CT molecular complexity index is 1190. The number of pyridine rings is 1. The Morgan fingerprint density at radius 1 is 1.03 bits per heavy atom. The van der Waals surface area contributed by atoms with E-state index in [9.17, 15) is 0 Å². The molecule has 0 atom stereocenters. The molecule has 0 amide bonds. The van der Waals surface area contributed by atoms with E-state index < -0.39 is 8.07 Å². The van der Waals surface area contributed by atoms with Crippen molar-refractivity contribution in [1.29, 1.82) is 0 Å². The quantitative estimate of drug-likeness (QED) is 0.265. The Morgan fingerprint density at radius 2 is 1.81 bits per heavy atom. The first kappa shape index (κ1) is 21.3. The third-order valence-corrected chi connectivity index (χ3v) is 7.10. The SMILES string of the molecule is COc1cccc(-c2ccc(-c3ccnc4[nH]ccc34)n2COCC[Si](C)(C)C)c1F. The molecule has 7 heteroatoms. The lowest BCUT2D eigenvalue weighted by Gasteiger charge is -2.18. The molecule has 1 aromatic carbocycles. The molecule has 0 saturated carbocycles. The van der Waals surface area contributed by atoms with Crippen molar-refractivity contribution in [2.45, 2.75) is 32.4 Å². The van der Waals surface area contributed by atoms with E-state index >= 15 is 4.39 Å². The van der Waals surface area contributed by atoms with Gasteiger partial charge in [-0.05, 0) is 42.4 Å². The first-order chi connectivity index (χ1) is 14.9. The molecule has 0 aliphatic heterocycles. The van der Waals surface area contributed by atoms with E-state index in [1.165, 1.54) is 7.11 Å². The molecule has 0 bridgehead atoms. The van der Waals surface area contributed by atoms with Gasteiger partial charge in [0.05, 0.1) is 18.5 Å². The van der Waals surface area contributed by atoms with Gasteiger partial charge in [-0.1, -0.05) is 25.7 Å². The number of aromatic amines is 1. The van der Waals surface area contributed by atoms with Gasteiger partial charge in [-0.3, -0.25) is 0 Å². The summed E-state index contributed by atoms with van der Waals surface area (Å²) in [6, 6.07) is 14.2. The largest absolute Gasteiger partial charge is 0.494 e. The topological polar surface area (TPSA) is 52.1 Å².